The van der Waals surface area contributed by atoms with Gasteiger partial charge in [0.1, 0.15) is 0 Å². The summed E-state index contributed by atoms with van der Waals surface area (Å²) in [6.45, 7) is 4.17. The first-order valence-electron chi connectivity index (χ1n) is 7.71. The molecule has 1 saturated heterocycles. The molecule has 0 aliphatic carbocycles. The molecule has 1 aliphatic rings. The molecule has 0 aromatic heterocycles. The summed E-state index contributed by atoms with van der Waals surface area (Å²) in [5.74, 6) is 0.457. The lowest BCUT2D eigenvalue weighted by Crippen LogP contribution is -2.48. The average Bonchev–Trinajstić information content (AvgIpc) is 2.55. The van der Waals surface area contributed by atoms with Crippen LogP contribution in [0.15, 0.2) is 35.3 Å². The summed E-state index contributed by atoms with van der Waals surface area (Å²) in [6.07, 6.45) is 1.47. The van der Waals surface area contributed by atoms with Crippen molar-refractivity contribution in [1.82, 2.24) is 10.2 Å². The first-order chi connectivity index (χ1) is 10.7. The number of guanidine groups is 1. The van der Waals surface area contributed by atoms with Gasteiger partial charge in [0.25, 0.3) is 0 Å². The zero-order valence-electron chi connectivity index (χ0n) is 13.0. The normalized spacial score (nSPS) is 16.4. The molecule has 0 spiro atoms. The van der Waals surface area contributed by atoms with E-state index in [2.05, 4.69) is 10.3 Å². The highest BCUT2D eigenvalue weighted by molar-refractivity contribution is 5.78. The Hall–Kier alpha value is -2.24. The van der Waals surface area contributed by atoms with Crippen LogP contribution in [0.4, 0.5) is 4.79 Å². The fourth-order valence-corrected chi connectivity index (χ4v) is 2.44. The Labute approximate surface area is 131 Å². The minimum Gasteiger partial charge on any atom is -0.450 e. The third-order valence-electron chi connectivity index (χ3n) is 3.65. The lowest BCUT2D eigenvalue weighted by Gasteiger charge is -2.31. The Kier molecular flexibility index (Phi) is 6.06. The maximum Gasteiger partial charge on any atom is 0.409 e. The van der Waals surface area contributed by atoms with Gasteiger partial charge in [0, 0.05) is 19.1 Å². The van der Waals surface area contributed by atoms with Gasteiger partial charge < -0.3 is 20.7 Å². The lowest BCUT2D eigenvalue weighted by molar-refractivity contribution is 0.0963. The van der Waals surface area contributed by atoms with Crippen LogP contribution in [0.5, 0.6) is 0 Å². The Bertz CT molecular complexity index is 496. The van der Waals surface area contributed by atoms with Crippen LogP contribution in [0.3, 0.4) is 0 Å². The van der Waals surface area contributed by atoms with Crippen molar-refractivity contribution in [2.24, 2.45) is 10.7 Å². The van der Waals surface area contributed by atoms with E-state index in [4.69, 9.17) is 10.5 Å². The molecule has 1 aliphatic heterocycles. The van der Waals surface area contributed by atoms with E-state index in [1.165, 1.54) is 0 Å². The molecule has 0 radical (unpaired) electrons. The van der Waals surface area contributed by atoms with Crippen LogP contribution in [-0.4, -0.2) is 42.7 Å². The number of likely N-dealkylation sites (tertiary alicyclic amines) is 1. The number of carbonyl (C=O) groups is 1. The molecule has 0 bridgehead atoms. The van der Waals surface area contributed by atoms with Crippen LogP contribution in [0.2, 0.25) is 0 Å². The van der Waals surface area contributed by atoms with E-state index >= 15 is 0 Å². The summed E-state index contributed by atoms with van der Waals surface area (Å²) < 4.78 is 5.00. The summed E-state index contributed by atoms with van der Waals surface area (Å²) in [7, 11) is 0. The van der Waals surface area contributed by atoms with Gasteiger partial charge in [-0.2, -0.15) is 0 Å². The van der Waals surface area contributed by atoms with Crippen molar-refractivity contribution in [3.05, 3.63) is 35.9 Å². The van der Waals surface area contributed by atoms with Gasteiger partial charge in [0.2, 0.25) is 0 Å². The number of benzene rings is 1. The second kappa shape index (κ2) is 8.26. The molecule has 1 heterocycles. The fourth-order valence-electron chi connectivity index (χ4n) is 2.44. The predicted octanol–water partition coefficient (Wildman–Crippen LogP) is 1.71. The molecule has 120 valence electrons. The predicted molar refractivity (Wildman–Crippen MR) is 86.5 cm³/mol. The van der Waals surface area contributed by atoms with Crippen molar-refractivity contribution < 1.29 is 9.53 Å². The summed E-state index contributed by atoms with van der Waals surface area (Å²) in [4.78, 5) is 17.7. The highest BCUT2D eigenvalue weighted by atomic mass is 16.6. The van der Waals surface area contributed by atoms with Crippen molar-refractivity contribution in [1.29, 1.82) is 0 Å². The van der Waals surface area contributed by atoms with Gasteiger partial charge in [-0.3, -0.25) is 0 Å². The molecule has 1 fully saturated rings. The number of hydrogen-bond acceptors (Lipinski definition) is 3. The molecule has 0 unspecified atom stereocenters. The molecular weight excluding hydrogens is 280 g/mol. The zero-order chi connectivity index (χ0) is 15.8. The number of nitrogens with zero attached hydrogens (tertiary/aromatic N) is 2. The Balaban J connectivity index is 1.74. The number of nitrogens with two attached hydrogens (primary N) is 1. The fraction of sp³-hybridized carbons (Fsp3) is 0.500. The topological polar surface area (TPSA) is 80.0 Å². The van der Waals surface area contributed by atoms with E-state index in [9.17, 15) is 4.79 Å². The number of carbonyl (C=O) groups excluding carboxylic acids is 1. The van der Waals surface area contributed by atoms with Gasteiger partial charge in [-0.1, -0.05) is 30.3 Å². The van der Waals surface area contributed by atoms with Crippen LogP contribution >= 0.6 is 0 Å². The van der Waals surface area contributed by atoms with E-state index in [-0.39, 0.29) is 12.1 Å². The molecule has 3 N–H and O–H groups in total. The van der Waals surface area contributed by atoms with E-state index in [1.807, 2.05) is 37.3 Å². The number of rotatable bonds is 4. The molecule has 1 aromatic rings. The zero-order valence-corrected chi connectivity index (χ0v) is 13.0. The van der Waals surface area contributed by atoms with Gasteiger partial charge >= 0.3 is 6.09 Å². The number of aliphatic imine (C=N–C) groups is 1. The molecule has 0 saturated carbocycles. The molecule has 6 nitrogen and oxygen atoms in total. The number of nitrogens with one attached hydrogen (secondary N) is 1. The van der Waals surface area contributed by atoms with E-state index < -0.39 is 0 Å². The first-order valence-corrected chi connectivity index (χ1v) is 7.71. The number of amides is 1. The largest absolute Gasteiger partial charge is 0.450 e. The van der Waals surface area contributed by atoms with Gasteiger partial charge in [-0.15, -0.1) is 0 Å². The van der Waals surface area contributed by atoms with E-state index in [0.29, 0.717) is 32.2 Å². The van der Waals surface area contributed by atoms with Crippen molar-refractivity contribution in [3.63, 3.8) is 0 Å². The minimum absolute atomic E-state index is 0.230. The quantitative estimate of drug-likeness (QED) is 0.655. The Morgan fingerprint density at radius 1 is 1.36 bits per heavy atom. The van der Waals surface area contributed by atoms with Crippen LogP contribution in [0.1, 0.15) is 25.3 Å². The monoisotopic (exact) mass is 304 g/mol. The summed E-state index contributed by atoms with van der Waals surface area (Å²) >= 11 is 0. The van der Waals surface area contributed by atoms with E-state index in [1.54, 1.807) is 4.90 Å². The smallest absolute Gasteiger partial charge is 0.409 e. The SMILES string of the molecule is CCOC(=O)N1CCC(NC(N)=NCc2ccccc2)CC1. The van der Waals surface area contributed by atoms with Crippen molar-refractivity contribution in [3.8, 4) is 0 Å². The molecular formula is C16H24N4O2. The number of ether oxygens (including phenoxy) is 1. The lowest BCUT2D eigenvalue weighted by atomic mass is 10.1. The highest BCUT2D eigenvalue weighted by Gasteiger charge is 2.23. The molecule has 6 heteroatoms. The van der Waals surface area contributed by atoms with Crippen LogP contribution in [0.25, 0.3) is 0 Å². The van der Waals surface area contributed by atoms with Crippen molar-refractivity contribution in [2.45, 2.75) is 32.4 Å². The Morgan fingerprint density at radius 2 is 2.05 bits per heavy atom. The number of hydrogen-bond donors (Lipinski definition) is 2. The third-order valence-corrected chi connectivity index (χ3v) is 3.65. The minimum atomic E-state index is -0.230. The molecule has 1 aromatic carbocycles. The van der Waals surface area contributed by atoms with Crippen LogP contribution in [-0.2, 0) is 11.3 Å². The van der Waals surface area contributed by atoms with Crippen LogP contribution in [0, 0.1) is 0 Å². The second-order valence-electron chi connectivity index (χ2n) is 5.29. The Morgan fingerprint density at radius 3 is 2.68 bits per heavy atom. The molecule has 22 heavy (non-hydrogen) atoms. The number of piperidine rings is 1. The maximum atomic E-state index is 11.6. The van der Waals surface area contributed by atoms with Crippen molar-refractivity contribution >= 4 is 12.1 Å². The second-order valence-corrected chi connectivity index (χ2v) is 5.29. The maximum absolute atomic E-state index is 11.6. The summed E-state index contributed by atoms with van der Waals surface area (Å²) in [6, 6.07) is 10.2. The van der Waals surface area contributed by atoms with Gasteiger partial charge in [0.05, 0.1) is 13.2 Å². The summed E-state index contributed by atoms with van der Waals surface area (Å²) in [5, 5.41) is 3.23. The molecule has 2 rings (SSSR count). The third kappa shape index (κ3) is 4.95. The van der Waals surface area contributed by atoms with Crippen LogP contribution < -0.4 is 11.1 Å². The first kappa shape index (κ1) is 16.1. The summed E-state index contributed by atoms with van der Waals surface area (Å²) in [5.41, 5.74) is 7.06. The van der Waals surface area contributed by atoms with Gasteiger partial charge in [-0.25, -0.2) is 9.79 Å². The molecule has 0 atom stereocenters. The van der Waals surface area contributed by atoms with E-state index in [0.717, 1.165) is 18.4 Å². The van der Waals surface area contributed by atoms with Gasteiger partial charge in [0.15, 0.2) is 5.96 Å². The molecule has 1 amide bonds. The standard InChI is InChI=1S/C16H24N4O2/c1-2-22-16(21)20-10-8-14(9-11-20)19-15(17)18-12-13-6-4-3-5-7-13/h3-7,14H,2,8-12H2,1H3,(H3,17,18,19). The highest BCUT2D eigenvalue weighted by Crippen LogP contribution is 2.11. The van der Waals surface area contributed by atoms with Crippen molar-refractivity contribution in [2.75, 3.05) is 19.7 Å². The van der Waals surface area contributed by atoms with Gasteiger partial charge in [-0.05, 0) is 25.3 Å². The average molecular weight is 304 g/mol.